The molecular weight excluding hydrogens is 296 g/mol. The Morgan fingerprint density at radius 1 is 0.875 bits per heavy atom. The van der Waals surface area contributed by atoms with E-state index in [-0.39, 0.29) is 11.6 Å². The van der Waals surface area contributed by atoms with Crippen molar-refractivity contribution in [2.24, 2.45) is 0 Å². The summed E-state index contributed by atoms with van der Waals surface area (Å²) in [7, 11) is 0. The standard InChI is InChI=1S/C21H34N2O/c1-2-3-4-5-6-7-8-9-10-14-17-23-21(24)20(22)18-19-15-12-11-13-16-19/h11-13,15-16,22H,2-10,14,17-18H2,1H3,(H,23,24). The number of benzene rings is 1. The maximum Gasteiger partial charge on any atom is 0.265 e. The van der Waals surface area contributed by atoms with Crippen LogP contribution in [0.1, 0.15) is 76.7 Å². The van der Waals surface area contributed by atoms with Gasteiger partial charge in [0, 0.05) is 13.0 Å². The number of carbonyl (C=O) groups is 1. The first-order valence-electron chi connectivity index (χ1n) is 9.63. The highest BCUT2D eigenvalue weighted by molar-refractivity contribution is 6.38. The predicted octanol–water partition coefficient (Wildman–Crippen LogP) is 5.29. The van der Waals surface area contributed by atoms with Crippen LogP contribution in [-0.2, 0) is 11.2 Å². The minimum Gasteiger partial charge on any atom is -0.351 e. The molecule has 0 heterocycles. The Morgan fingerprint density at radius 2 is 1.42 bits per heavy atom. The highest BCUT2D eigenvalue weighted by atomic mass is 16.1. The van der Waals surface area contributed by atoms with Gasteiger partial charge in [-0.2, -0.15) is 0 Å². The van der Waals surface area contributed by atoms with Crippen molar-refractivity contribution >= 4 is 11.6 Å². The van der Waals surface area contributed by atoms with Gasteiger partial charge in [-0.3, -0.25) is 10.2 Å². The van der Waals surface area contributed by atoms with Gasteiger partial charge in [0.2, 0.25) is 0 Å². The fourth-order valence-corrected chi connectivity index (χ4v) is 2.80. The van der Waals surface area contributed by atoms with Gasteiger partial charge in [0.1, 0.15) is 5.71 Å². The van der Waals surface area contributed by atoms with E-state index >= 15 is 0 Å². The van der Waals surface area contributed by atoms with Crippen molar-refractivity contribution in [3.63, 3.8) is 0 Å². The van der Waals surface area contributed by atoms with Crippen LogP contribution in [0.15, 0.2) is 30.3 Å². The number of hydrogen-bond donors (Lipinski definition) is 2. The van der Waals surface area contributed by atoms with Crippen LogP contribution < -0.4 is 5.32 Å². The minimum atomic E-state index is -0.227. The highest BCUT2D eigenvalue weighted by Gasteiger charge is 2.08. The molecule has 1 rings (SSSR count). The van der Waals surface area contributed by atoms with Crippen molar-refractivity contribution in [3.05, 3.63) is 35.9 Å². The summed E-state index contributed by atoms with van der Waals surface area (Å²) in [5.41, 5.74) is 1.16. The number of hydrogen-bond acceptors (Lipinski definition) is 2. The van der Waals surface area contributed by atoms with Crippen LogP contribution in [-0.4, -0.2) is 18.2 Å². The van der Waals surface area contributed by atoms with E-state index < -0.39 is 0 Å². The molecule has 3 heteroatoms. The molecule has 134 valence electrons. The summed E-state index contributed by atoms with van der Waals surface area (Å²) in [5, 5.41) is 10.7. The van der Waals surface area contributed by atoms with Crippen LogP contribution in [0.2, 0.25) is 0 Å². The van der Waals surface area contributed by atoms with Crippen molar-refractivity contribution in [3.8, 4) is 0 Å². The quantitative estimate of drug-likeness (QED) is 0.353. The minimum absolute atomic E-state index is 0.147. The average Bonchev–Trinajstić information content (AvgIpc) is 2.60. The van der Waals surface area contributed by atoms with E-state index in [2.05, 4.69) is 12.2 Å². The Labute approximate surface area is 147 Å². The molecule has 0 unspecified atom stereocenters. The molecule has 0 radical (unpaired) electrons. The van der Waals surface area contributed by atoms with Gasteiger partial charge in [-0.1, -0.05) is 95.0 Å². The monoisotopic (exact) mass is 330 g/mol. The molecule has 1 aromatic carbocycles. The first-order valence-corrected chi connectivity index (χ1v) is 9.63. The summed E-state index contributed by atoms with van der Waals surface area (Å²) in [6, 6.07) is 9.71. The summed E-state index contributed by atoms with van der Waals surface area (Å²) < 4.78 is 0. The Hall–Kier alpha value is -1.64. The van der Waals surface area contributed by atoms with Gasteiger partial charge in [0.15, 0.2) is 0 Å². The highest BCUT2D eigenvalue weighted by Crippen LogP contribution is 2.10. The average molecular weight is 331 g/mol. The molecule has 2 N–H and O–H groups in total. The van der Waals surface area contributed by atoms with E-state index in [9.17, 15) is 4.79 Å². The molecule has 1 amide bonds. The molecule has 0 aliphatic rings. The fraction of sp³-hybridized carbons (Fsp3) is 0.619. The Morgan fingerprint density at radius 3 is 2.00 bits per heavy atom. The zero-order chi connectivity index (χ0) is 17.5. The van der Waals surface area contributed by atoms with Gasteiger partial charge >= 0.3 is 0 Å². The molecule has 0 aliphatic heterocycles. The largest absolute Gasteiger partial charge is 0.351 e. The van der Waals surface area contributed by atoms with Crippen molar-refractivity contribution < 1.29 is 4.79 Å². The van der Waals surface area contributed by atoms with Crippen LogP contribution in [0.25, 0.3) is 0 Å². The third kappa shape index (κ3) is 10.2. The summed E-state index contributed by atoms with van der Waals surface area (Å²) in [4.78, 5) is 11.9. The summed E-state index contributed by atoms with van der Waals surface area (Å²) in [5.74, 6) is -0.227. The van der Waals surface area contributed by atoms with Crippen LogP contribution >= 0.6 is 0 Å². The Balaban J connectivity index is 1.95. The van der Waals surface area contributed by atoms with Gasteiger partial charge in [-0.15, -0.1) is 0 Å². The maximum absolute atomic E-state index is 11.9. The van der Waals surface area contributed by atoms with E-state index in [1.165, 1.54) is 57.8 Å². The van der Waals surface area contributed by atoms with Crippen LogP contribution in [0.4, 0.5) is 0 Å². The topological polar surface area (TPSA) is 53.0 Å². The number of rotatable bonds is 14. The van der Waals surface area contributed by atoms with Crippen LogP contribution in [0, 0.1) is 5.41 Å². The summed E-state index contributed by atoms with van der Waals surface area (Å²) in [6.07, 6.45) is 13.3. The molecule has 0 spiro atoms. The second kappa shape index (κ2) is 13.8. The van der Waals surface area contributed by atoms with Crippen molar-refractivity contribution in [1.82, 2.24) is 5.32 Å². The van der Waals surface area contributed by atoms with Crippen molar-refractivity contribution in [1.29, 1.82) is 5.41 Å². The molecule has 0 aliphatic carbocycles. The molecule has 0 saturated heterocycles. The smallest absolute Gasteiger partial charge is 0.265 e. The summed E-state index contributed by atoms with van der Waals surface area (Å²) in [6.45, 7) is 2.94. The van der Waals surface area contributed by atoms with E-state index in [4.69, 9.17) is 5.41 Å². The lowest BCUT2D eigenvalue weighted by Gasteiger charge is -2.07. The molecule has 0 atom stereocenters. The zero-order valence-electron chi connectivity index (χ0n) is 15.3. The first-order chi connectivity index (χ1) is 11.7. The summed E-state index contributed by atoms with van der Waals surface area (Å²) >= 11 is 0. The molecule has 1 aromatic rings. The van der Waals surface area contributed by atoms with Crippen molar-refractivity contribution in [2.45, 2.75) is 77.6 Å². The lowest BCUT2D eigenvalue weighted by Crippen LogP contribution is -2.32. The molecule has 3 nitrogen and oxygen atoms in total. The molecule has 0 saturated carbocycles. The maximum atomic E-state index is 11.9. The molecule has 0 aromatic heterocycles. The van der Waals surface area contributed by atoms with Crippen LogP contribution in [0.3, 0.4) is 0 Å². The number of unbranched alkanes of at least 4 members (excludes halogenated alkanes) is 9. The molecule has 0 fully saturated rings. The van der Waals surface area contributed by atoms with E-state index in [0.29, 0.717) is 13.0 Å². The SMILES string of the molecule is CCCCCCCCCCCCNC(=O)C(=N)Cc1ccccc1. The lowest BCUT2D eigenvalue weighted by molar-refractivity contribution is -0.114. The third-order valence-corrected chi connectivity index (χ3v) is 4.31. The third-order valence-electron chi connectivity index (χ3n) is 4.31. The molecule has 0 bridgehead atoms. The predicted molar refractivity (Wildman–Crippen MR) is 103 cm³/mol. The second-order valence-electron chi connectivity index (χ2n) is 6.58. The van der Waals surface area contributed by atoms with Crippen molar-refractivity contribution in [2.75, 3.05) is 6.54 Å². The van der Waals surface area contributed by atoms with Gasteiger partial charge in [0.05, 0.1) is 0 Å². The molecule has 24 heavy (non-hydrogen) atoms. The second-order valence-corrected chi connectivity index (χ2v) is 6.58. The first kappa shape index (κ1) is 20.4. The number of carbonyl (C=O) groups excluding carboxylic acids is 1. The Kier molecular flexibility index (Phi) is 11.7. The zero-order valence-corrected chi connectivity index (χ0v) is 15.3. The van der Waals surface area contributed by atoms with E-state index in [0.717, 1.165) is 12.0 Å². The number of amides is 1. The van der Waals surface area contributed by atoms with Gasteiger partial charge in [0.25, 0.3) is 5.91 Å². The Bertz CT molecular complexity index is 456. The van der Waals surface area contributed by atoms with Gasteiger partial charge in [-0.25, -0.2) is 0 Å². The van der Waals surface area contributed by atoms with Gasteiger partial charge in [-0.05, 0) is 12.0 Å². The lowest BCUT2D eigenvalue weighted by atomic mass is 10.1. The van der Waals surface area contributed by atoms with E-state index in [1.54, 1.807) is 0 Å². The fourth-order valence-electron chi connectivity index (χ4n) is 2.80. The van der Waals surface area contributed by atoms with Crippen LogP contribution in [0.5, 0.6) is 0 Å². The normalized spacial score (nSPS) is 10.5. The molecular formula is C21H34N2O. The number of nitrogens with one attached hydrogen (secondary N) is 2. The van der Waals surface area contributed by atoms with E-state index in [1.807, 2.05) is 30.3 Å². The van der Waals surface area contributed by atoms with Gasteiger partial charge < -0.3 is 5.32 Å².